The van der Waals surface area contributed by atoms with Crippen LogP contribution in [-0.2, 0) is 4.79 Å². The molecule has 0 aliphatic carbocycles. The number of rotatable bonds is 9. The van der Waals surface area contributed by atoms with Crippen LogP contribution in [0.3, 0.4) is 0 Å². The van der Waals surface area contributed by atoms with Crippen LogP contribution < -0.4 is 14.2 Å². The van der Waals surface area contributed by atoms with Crippen LogP contribution in [0.15, 0.2) is 82.4 Å². The minimum Gasteiger partial charge on any atom is -0.490 e. The summed E-state index contributed by atoms with van der Waals surface area (Å²) in [4.78, 5) is 17.0. The number of amides is 1. The maximum atomic E-state index is 12.9. The number of carbonyl (C=O) groups is 1. The number of fused-ring (bicyclic) bond motifs is 1. The zero-order chi connectivity index (χ0) is 27.4. The summed E-state index contributed by atoms with van der Waals surface area (Å²) in [5.41, 5.74) is 2.66. The van der Waals surface area contributed by atoms with E-state index < -0.39 is 5.91 Å². The molecule has 3 aromatic carbocycles. The van der Waals surface area contributed by atoms with Crippen molar-refractivity contribution < 1.29 is 19.0 Å². The SMILES string of the molecule is CCOc1cc(C=C2C(=N)N3N=C(c4ccccc4Cl)SC3=NC2=O)ccc1OCCOc1ccc(C)cc1. The molecular formula is C29H25ClN4O4S. The van der Waals surface area contributed by atoms with Crippen LogP contribution in [0.1, 0.15) is 23.6 Å². The van der Waals surface area contributed by atoms with Crippen LogP contribution in [0.25, 0.3) is 6.08 Å². The third kappa shape index (κ3) is 6.00. The van der Waals surface area contributed by atoms with E-state index in [4.69, 9.17) is 31.2 Å². The second-order valence-electron chi connectivity index (χ2n) is 8.55. The van der Waals surface area contributed by atoms with E-state index in [0.717, 1.165) is 5.75 Å². The van der Waals surface area contributed by atoms with Crippen molar-refractivity contribution in [2.24, 2.45) is 10.1 Å². The van der Waals surface area contributed by atoms with E-state index in [1.165, 1.54) is 22.3 Å². The van der Waals surface area contributed by atoms with E-state index in [2.05, 4.69) is 10.1 Å². The number of thioether (sulfide) groups is 1. The molecule has 2 heterocycles. The number of amidine groups is 2. The molecule has 8 nitrogen and oxygen atoms in total. The molecule has 0 saturated carbocycles. The Morgan fingerprint density at radius 1 is 1.00 bits per heavy atom. The van der Waals surface area contributed by atoms with Gasteiger partial charge in [-0.1, -0.05) is 53.6 Å². The van der Waals surface area contributed by atoms with Crippen LogP contribution >= 0.6 is 23.4 Å². The fourth-order valence-corrected chi connectivity index (χ4v) is 5.06. The van der Waals surface area contributed by atoms with Crippen molar-refractivity contribution in [2.75, 3.05) is 19.8 Å². The molecule has 1 N–H and O–H groups in total. The molecule has 2 aliphatic rings. The minimum atomic E-state index is -0.513. The Kier molecular flexibility index (Phi) is 7.99. The van der Waals surface area contributed by atoms with Gasteiger partial charge in [0.15, 0.2) is 17.3 Å². The largest absolute Gasteiger partial charge is 0.490 e. The average Bonchev–Trinajstić information content (AvgIpc) is 3.35. The zero-order valence-corrected chi connectivity index (χ0v) is 22.9. The number of hydrogen-bond donors (Lipinski definition) is 1. The van der Waals surface area contributed by atoms with E-state index >= 15 is 0 Å². The van der Waals surface area contributed by atoms with Crippen molar-refractivity contribution in [3.8, 4) is 17.2 Å². The second kappa shape index (κ2) is 11.8. The number of ether oxygens (including phenoxy) is 3. The fourth-order valence-electron chi connectivity index (χ4n) is 3.85. The molecule has 0 bridgehead atoms. The summed E-state index contributed by atoms with van der Waals surface area (Å²) >= 11 is 7.52. The van der Waals surface area contributed by atoms with Gasteiger partial charge in [-0.3, -0.25) is 10.2 Å². The van der Waals surface area contributed by atoms with Crippen LogP contribution in [-0.4, -0.2) is 46.8 Å². The normalized spacial score (nSPS) is 15.7. The van der Waals surface area contributed by atoms with Gasteiger partial charge in [-0.15, -0.1) is 0 Å². The quantitative estimate of drug-likeness (QED) is 0.248. The molecule has 2 aliphatic heterocycles. The number of aliphatic imine (C=N–C) groups is 1. The highest BCUT2D eigenvalue weighted by atomic mass is 35.5. The molecule has 1 amide bonds. The molecule has 5 rings (SSSR count). The van der Waals surface area contributed by atoms with Crippen molar-refractivity contribution in [3.63, 3.8) is 0 Å². The molecule has 0 radical (unpaired) electrons. The summed E-state index contributed by atoms with van der Waals surface area (Å²) in [6.45, 7) is 5.04. The van der Waals surface area contributed by atoms with Crippen molar-refractivity contribution in [3.05, 3.63) is 94.0 Å². The maximum Gasteiger partial charge on any atom is 0.283 e. The predicted octanol–water partition coefficient (Wildman–Crippen LogP) is 6.17. The van der Waals surface area contributed by atoms with Crippen molar-refractivity contribution >= 4 is 51.4 Å². The molecule has 0 spiro atoms. The van der Waals surface area contributed by atoms with E-state index in [-0.39, 0.29) is 11.4 Å². The molecule has 0 saturated heterocycles. The van der Waals surface area contributed by atoms with Crippen LogP contribution in [0.2, 0.25) is 5.02 Å². The summed E-state index contributed by atoms with van der Waals surface area (Å²) in [7, 11) is 0. The Morgan fingerprint density at radius 2 is 1.77 bits per heavy atom. The third-order valence-corrected chi connectivity index (χ3v) is 7.04. The number of aryl methyl sites for hydroxylation is 1. The summed E-state index contributed by atoms with van der Waals surface area (Å²) < 4.78 is 17.4. The highest BCUT2D eigenvalue weighted by molar-refractivity contribution is 8.27. The molecule has 0 fully saturated rings. The predicted molar refractivity (Wildman–Crippen MR) is 155 cm³/mol. The fraction of sp³-hybridized carbons (Fsp3) is 0.172. The lowest BCUT2D eigenvalue weighted by molar-refractivity contribution is -0.114. The number of hydrogen-bond acceptors (Lipinski definition) is 7. The van der Waals surface area contributed by atoms with Crippen LogP contribution in [0.5, 0.6) is 17.2 Å². The molecule has 10 heteroatoms. The molecule has 198 valence electrons. The van der Waals surface area contributed by atoms with Crippen LogP contribution in [0.4, 0.5) is 0 Å². The van der Waals surface area contributed by atoms with Gasteiger partial charge in [0, 0.05) is 5.56 Å². The topological polar surface area (TPSA) is 96.6 Å². The average molecular weight is 561 g/mol. The summed E-state index contributed by atoms with van der Waals surface area (Å²) in [5, 5.41) is 15.9. The van der Waals surface area contributed by atoms with Gasteiger partial charge in [0.05, 0.1) is 17.2 Å². The Balaban J connectivity index is 1.31. The second-order valence-corrected chi connectivity index (χ2v) is 9.92. The minimum absolute atomic E-state index is 0.0638. The van der Waals surface area contributed by atoms with Gasteiger partial charge in [-0.05, 0) is 67.6 Å². The van der Waals surface area contributed by atoms with E-state index in [0.29, 0.717) is 57.7 Å². The van der Waals surface area contributed by atoms with Gasteiger partial charge in [-0.25, -0.2) is 0 Å². The van der Waals surface area contributed by atoms with Crippen LogP contribution in [0, 0.1) is 12.3 Å². The molecule has 3 aromatic rings. The number of halogens is 1. The number of nitrogens with one attached hydrogen (secondary N) is 1. The number of nitrogens with zero attached hydrogens (tertiary/aromatic N) is 3. The lowest BCUT2D eigenvalue weighted by Gasteiger charge is -2.20. The van der Waals surface area contributed by atoms with Gasteiger partial charge in [0.1, 0.15) is 24.0 Å². The molecule has 0 unspecified atom stereocenters. The Hall–Kier alpha value is -4.08. The standard InChI is InChI=1S/C29H25ClN4O4S/c1-3-36-25-17-19(10-13-24(25)38-15-14-37-20-11-8-18(2)9-12-20)16-22-26(31)34-29(32-27(22)35)39-28(33-34)21-6-4-5-7-23(21)30/h4-13,16-17,31H,3,14-15H2,1-2H3. The lowest BCUT2D eigenvalue weighted by atomic mass is 10.1. The van der Waals surface area contributed by atoms with Crippen molar-refractivity contribution in [2.45, 2.75) is 13.8 Å². The highest BCUT2D eigenvalue weighted by Gasteiger charge is 2.36. The maximum absolute atomic E-state index is 12.9. The van der Waals surface area contributed by atoms with Gasteiger partial charge < -0.3 is 14.2 Å². The van der Waals surface area contributed by atoms with E-state index in [9.17, 15) is 4.79 Å². The monoisotopic (exact) mass is 560 g/mol. The first-order valence-corrected chi connectivity index (χ1v) is 13.5. The third-order valence-electron chi connectivity index (χ3n) is 5.77. The van der Waals surface area contributed by atoms with Gasteiger partial charge >= 0.3 is 0 Å². The van der Waals surface area contributed by atoms with Crippen molar-refractivity contribution in [1.29, 1.82) is 5.41 Å². The molecule has 0 atom stereocenters. The first kappa shape index (κ1) is 26.5. The van der Waals surface area contributed by atoms with Gasteiger partial charge in [-0.2, -0.15) is 15.1 Å². The number of carbonyl (C=O) groups excluding carboxylic acids is 1. The summed E-state index contributed by atoms with van der Waals surface area (Å²) in [5.74, 6) is 1.28. The molecular weight excluding hydrogens is 536 g/mol. The number of hydrazone groups is 1. The molecule has 0 aromatic heterocycles. The van der Waals surface area contributed by atoms with E-state index in [1.807, 2.05) is 56.3 Å². The summed E-state index contributed by atoms with van der Waals surface area (Å²) in [6, 6.07) is 20.4. The smallest absolute Gasteiger partial charge is 0.283 e. The first-order chi connectivity index (χ1) is 18.9. The van der Waals surface area contributed by atoms with Gasteiger partial charge in [0.25, 0.3) is 5.91 Å². The highest BCUT2D eigenvalue weighted by Crippen LogP contribution is 2.34. The van der Waals surface area contributed by atoms with Gasteiger partial charge in [0.2, 0.25) is 5.17 Å². The summed E-state index contributed by atoms with van der Waals surface area (Å²) in [6.07, 6.45) is 1.60. The number of benzene rings is 3. The Bertz CT molecular complexity index is 1520. The lowest BCUT2D eigenvalue weighted by Crippen LogP contribution is -2.35. The molecule has 39 heavy (non-hydrogen) atoms. The Labute approximate surface area is 235 Å². The first-order valence-electron chi connectivity index (χ1n) is 12.3. The van der Waals surface area contributed by atoms with Crippen molar-refractivity contribution in [1.82, 2.24) is 5.01 Å². The Morgan fingerprint density at radius 3 is 2.54 bits per heavy atom. The zero-order valence-electron chi connectivity index (χ0n) is 21.3. The van der Waals surface area contributed by atoms with E-state index in [1.54, 1.807) is 30.3 Å².